The van der Waals surface area contributed by atoms with Gasteiger partial charge in [0.25, 0.3) is 5.91 Å². The number of carbonyl (C=O) groups excluding carboxylic acids is 1. The second-order valence-electron chi connectivity index (χ2n) is 7.32. The molecule has 1 aliphatic rings. The van der Waals surface area contributed by atoms with E-state index in [1.807, 2.05) is 6.07 Å². The van der Waals surface area contributed by atoms with Crippen LogP contribution in [0.1, 0.15) is 52.2 Å². The van der Waals surface area contributed by atoms with Crippen LogP contribution in [0.2, 0.25) is 0 Å². The molecule has 1 atom stereocenters. The van der Waals surface area contributed by atoms with E-state index in [4.69, 9.17) is 4.42 Å². The number of carbonyl (C=O) groups is 1. The highest BCUT2D eigenvalue weighted by Crippen LogP contribution is 2.28. The molecule has 0 bridgehead atoms. The van der Waals surface area contributed by atoms with Crippen molar-refractivity contribution < 1.29 is 13.6 Å². The number of likely N-dealkylation sites (tertiary alicyclic amines) is 1. The zero-order valence-corrected chi connectivity index (χ0v) is 16.0. The molecule has 2 aromatic heterocycles. The molecule has 1 aliphatic heterocycles. The summed E-state index contributed by atoms with van der Waals surface area (Å²) < 4.78 is 19.3. The third kappa shape index (κ3) is 4.42. The highest BCUT2D eigenvalue weighted by molar-refractivity contribution is 5.92. The molecule has 0 radical (unpaired) electrons. The number of halogens is 1. The molecule has 150 valence electrons. The van der Waals surface area contributed by atoms with Crippen LogP contribution in [0.4, 0.5) is 4.39 Å². The molecule has 4 rings (SSSR count). The average Bonchev–Trinajstić information content (AvgIpc) is 3.15. The Morgan fingerprint density at radius 2 is 2.24 bits per heavy atom. The Labute approximate surface area is 166 Å². The molecule has 0 aliphatic carbocycles. The summed E-state index contributed by atoms with van der Waals surface area (Å²) in [6.45, 7) is 2.76. The van der Waals surface area contributed by atoms with E-state index in [0.717, 1.165) is 18.4 Å². The molecule has 7 nitrogen and oxygen atoms in total. The Balaban J connectivity index is 1.46. The van der Waals surface area contributed by atoms with Gasteiger partial charge in [0.05, 0.1) is 12.1 Å². The van der Waals surface area contributed by atoms with Crippen LogP contribution in [0.15, 0.2) is 45.7 Å². The van der Waals surface area contributed by atoms with Crippen molar-refractivity contribution in [1.29, 1.82) is 0 Å². The van der Waals surface area contributed by atoms with Crippen LogP contribution in [0.3, 0.4) is 0 Å². The zero-order valence-electron chi connectivity index (χ0n) is 16.0. The van der Waals surface area contributed by atoms with Crippen molar-refractivity contribution in [3.63, 3.8) is 0 Å². The van der Waals surface area contributed by atoms with Crippen LogP contribution in [0, 0.1) is 12.7 Å². The summed E-state index contributed by atoms with van der Waals surface area (Å²) in [5, 5.41) is 0. The molecule has 1 N–H and O–H groups in total. The number of aryl methyl sites for hydroxylation is 1. The molecule has 0 saturated carbocycles. The number of benzene rings is 1. The number of nitrogens with zero attached hydrogens (tertiary/aromatic N) is 3. The van der Waals surface area contributed by atoms with Crippen molar-refractivity contribution in [2.45, 2.75) is 32.1 Å². The molecule has 29 heavy (non-hydrogen) atoms. The van der Waals surface area contributed by atoms with Crippen LogP contribution in [0.25, 0.3) is 0 Å². The minimum atomic E-state index is -0.531. The summed E-state index contributed by atoms with van der Waals surface area (Å²) in [6, 6.07) is 7.95. The number of amides is 1. The monoisotopic (exact) mass is 396 g/mol. The fraction of sp³-hybridized carbons (Fsp3) is 0.333. The molecule has 1 fully saturated rings. The van der Waals surface area contributed by atoms with Gasteiger partial charge < -0.3 is 14.3 Å². The van der Waals surface area contributed by atoms with Gasteiger partial charge in [0.2, 0.25) is 0 Å². The molecule has 0 spiro atoms. The van der Waals surface area contributed by atoms with Gasteiger partial charge in [-0.25, -0.2) is 14.2 Å². The van der Waals surface area contributed by atoms with Gasteiger partial charge in [0.15, 0.2) is 5.89 Å². The smallest absolute Gasteiger partial charge is 0.345 e. The van der Waals surface area contributed by atoms with Gasteiger partial charge in [-0.3, -0.25) is 4.79 Å². The molecule has 1 saturated heterocycles. The number of nitrogens with one attached hydrogen (secondary N) is 1. The van der Waals surface area contributed by atoms with Gasteiger partial charge in [-0.1, -0.05) is 12.1 Å². The number of rotatable bonds is 4. The molecule has 8 heteroatoms. The first-order chi connectivity index (χ1) is 14.0. The third-order valence-electron chi connectivity index (χ3n) is 5.00. The summed E-state index contributed by atoms with van der Waals surface area (Å²) in [5.74, 6) is 0.643. The summed E-state index contributed by atoms with van der Waals surface area (Å²) in [6.07, 6.45) is 3.77. The SMILES string of the molecule is Cc1cc(C(=O)N2CCCC(c3ncc(Cc4cccc(F)c4)o3)C2)nc(=O)[nH]1. The third-order valence-corrected chi connectivity index (χ3v) is 5.00. The maximum absolute atomic E-state index is 13.4. The van der Waals surface area contributed by atoms with Crippen LogP contribution in [-0.4, -0.2) is 38.8 Å². The zero-order chi connectivity index (χ0) is 20.4. The minimum Gasteiger partial charge on any atom is -0.445 e. The van der Waals surface area contributed by atoms with E-state index in [2.05, 4.69) is 15.0 Å². The van der Waals surface area contributed by atoms with Crippen molar-refractivity contribution in [1.82, 2.24) is 19.9 Å². The molecule has 1 aromatic carbocycles. The van der Waals surface area contributed by atoms with Gasteiger partial charge >= 0.3 is 5.69 Å². The average molecular weight is 396 g/mol. The highest BCUT2D eigenvalue weighted by atomic mass is 19.1. The van der Waals surface area contributed by atoms with Gasteiger partial charge in [0.1, 0.15) is 17.3 Å². The normalized spacial score (nSPS) is 16.8. The maximum Gasteiger partial charge on any atom is 0.345 e. The first-order valence-electron chi connectivity index (χ1n) is 9.54. The Kier molecular flexibility index (Phi) is 5.24. The largest absolute Gasteiger partial charge is 0.445 e. The highest BCUT2D eigenvalue weighted by Gasteiger charge is 2.29. The quantitative estimate of drug-likeness (QED) is 0.732. The Bertz CT molecular complexity index is 1090. The van der Waals surface area contributed by atoms with Gasteiger partial charge in [0, 0.05) is 25.2 Å². The number of hydrogen-bond donors (Lipinski definition) is 1. The lowest BCUT2D eigenvalue weighted by atomic mass is 9.97. The number of oxazole rings is 1. The van der Waals surface area contributed by atoms with Crippen LogP contribution in [0.5, 0.6) is 0 Å². The van der Waals surface area contributed by atoms with Crippen LogP contribution in [-0.2, 0) is 6.42 Å². The van der Waals surface area contributed by atoms with Gasteiger partial charge in [-0.2, -0.15) is 4.98 Å². The fourth-order valence-corrected chi connectivity index (χ4v) is 3.66. The van der Waals surface area contributed by atoms with Crippen LogP contribution >= 0.6 is 0 Å². The van der Waals surface area contributed by atoms with E-state index in [0.29, 0.717) is 36.9 Å². The van der Waals surface area contributed by atoms with Crippen molar-refractivity contribution in [3.05, 3.63) is 81.4 Å². The molecular weight excluding hydrogens is 375 g/mol. The van der Waals surface area contributed by atoms with Crippen molar-refractivity contribution in [2.75, 3.05) is 13.1 Å². The van der Waals surface area contributed by atoms with Gasteiger partial charge in [-0.05, 0) is 43.5 Å². The standard InChI is InChI=1S/C21H21FN4O3/c1-13-8-18(25-21(28)24-13)20(27)26-7-3-5-15(12-26)19-23-11-17(29-19)10-14-4-2-6-16(22)9-14/h2,4,6,8-9,11,15H,3,5,7,10,12H2,1H3,(H,24,25,28). The van der Waals surface area contributed by atoms with Crippen molar-refractivity contribution in [3.8, 4) is 0 Å². The second kappa shape index (κ2) is 7.98. The van der Waals surface area contributed by atoms with E-state index in [1.54, 1.807) is 30.2 Å². The predicted octanol–water partition coefficient (Wildman–Crippen LogP) is 2.82. The van der Waals surface area contributed by atoms with E-state index < -0.39 is 5.69 Å². The molecule has 3 heterocycles. The lowest BCUT2D eigenvalue weighted by Crippen LogP contribution is -2.40. The summed E-state index contributed by atoms with van der Waals surface area (Å²) >= 11 is 0. The van der Waals surface area contributed by atoms with E-state index >= 15 is 0 Å². The van der Waals surface area contributed by atoms with Gasteiger partial charge in [-0.15, -0.1) is 0 Å². The van der Waals surface area contributed by atoms with Crippen molar-refractivity contribution >= 4 is 5.91 Å². The summed E-state index contributed by atoms with van der Waals surface area (Å²) in [5.41, 5.74) is 1.02. The topological polar surface area (TPSA) is 92.1 Å². The lowest BCUT2D eigenvalue weighted by Gasteiger charge is -2.31. The molecule has 3 aromatic rings. The summed E-state index contributed by atoms with van der Waals surface area (Å²) in [4.78, 5) is 36.8. The lowest BCUT2D eigenvalue weighted by molar-refractivity contribution is 0.0691. The van der Waals surface area contributed by atoms with Crippen LogP contribution < -0.4 is 5.69 Å². The van der Waals surface area contributed by atoms with Crippen molar-refractivity contribution in [2.24, 2.45) is 0 Å². The number of aromatic amines is 1. The van der Waals surface area contributed by atoms with E-state index in [1.165, 1.54) is 12.1 Å². The summed E-state index contributed by atoms with van der Waals surface area (Å²) in [7, 11) is 0. The maximum atomic E-state index is 13.4. The second-order valence-corrected chi connectivity index (χ2v) is 7.32. The Morgan fingerprint density at radius 1 is 1.38 bits per heavy atom. The molecule has 1 unspecified atom stereocenters. The number of aromatic nitrogens is 3. The van der Waals surface area contributed by atoms with E-state index in [-0.39, 0.29) is 23.3 Å². The number of H-pyrrole nitrogens is 1. The predicted molar refractivity (Wildman–Crippen MR) is 103 cm³/mol. The number of hydrogen-bond acceptors (Lipinski definition) is 5. The molecular formula is C21H21FN4O3. The Hall–Kier alpha value is -3.29. The minimum absolute atomic E-state index is 0.0305. The first-order valence-corrected chi connectivity index (χ1v) is 9.54. The first kappa shape index (κ1) is 19.0. The molecule has 1 amide bonds. The van der Waals surface area contributed by atoms with E-state index in [9.17, 15) is 14.0 Å². The number of piperidine rings is 1. The Morgan fingerprint density at radius 3 is 3.03 bits per heavy atom. The fourth-order valence-electron chi connectivity index (χ4n) is 3.66.